The van der Waals surface area contributed by atoms with E-state index in [1.54, 1.807) is 23.1 Å². The van der Waals surface area contributed by atoms with Crippen molar-refractivity contribution in [3.8, 4) is 0 Å². The third-order valence-electron chi connectivity index (χ3n) is 3.17. The Morgan fingerprint density at radius 3 is 2.85 bits per heavy atom. The van der Waals surface area contributed by atoms with Gasteiger partial charge in [0.2, 0.25) is 5.91 Å². The molecule has 1 aromatic rings. The Bertz CT molecular complexity index is 516. The normalized spacial score (nSPS) is 16.4. The maximum absolute atomic E-state index is 12.1. The van der Waals surface area contributed by atoms with Crippen LogP contribution in [0.25, 0.3) is 0 Å². The van der Waals surface area contributed by atoms with E-state index in [9.17, 15) is 9.59 Å². The van der Waals surface area contributed by atoms with Crippen LogP contribution in [0.2, 0.25) is 5.02 Å². The topological polar surface area (TPSA) is 49.4 Å². The lowest BCUT2D eigenvalue weighted by atomic mass is 10.2. The molecular formula is C14H16BrClN2O2. The molecule has 1 unspecified atom stereocenters. The predicted octanol–water partition coefficient (Wildman–Crippen LogP) is 2.84. The Hall–Kier alpha value is -1.07. The van der Waals surface area contributed by atoms with Gasteiger partial charge in [0.15, 0.2) is 0 Å². The molecule has 4 nitrogen and oxygen atoms in total. The molecular weight excluding hydrogens is 344 g/mol. The summed E-state index contributed by atoms with van der Waals surface area (Å²) in [6.45, 7) is 3.22. The van der Waals surface area contributed by atoms with Gasteiger partial charge in [-0.2, -0.15) is 0 Å². The molecule has 2 amide bonds. The van der Waals surface area contributed by atoms with E-state index in [4.69, 9.17) is 11.6 Å². The van der Waals surface area contributed by atoms with Crippen molar-refractivity contribution in [1.29, 1.82) is 0 Å². The zero-order valence-corrected chi connectivity index (χ0v) is 13.5. The molecule has 0 saturated carbocycles. The van der Waals surface area contributed by atoms with Gasteiger partial charge in [-0.15, -0.1) is 0 Å². The van der Waals surface area contributed by atoms with Gasteiger partial charge in [0.25, 0.3) is 5.91 Å². The second-order valence-electron chi connectivity index (χ2n) is 4.98. The molecule has 1 atom stereocenters. The number of likely N-dealkylation sites (tertiary alicyclic amines) is 1. The van der Waals surface area contributed by atoms with Gasteiger partial charge in [-0.25, -0.2) is 0 Å². The Morgan fingerprint density at radius 1 is 1.50 bits per heavy atom. The van der Waals surface area contributed by atoms with Crippen LogP contribution in [0.3, 0.4) is 0 Å². The molecule has 0 aliphatic carbocycles. The van der Waals surface area contributed by atoms with Crippen LogP contribution >= 0.6 is 27.5 Å². The molecule has 0 bridgehead atoms. The molecule has 0 aromatic heterocycles. The highest BCUT2D eigenvalue weighted by Gasteiger charge is 2.22. The van der Waals surface area contributed by atoms with Crippen molar-refractivity contribution >= 4 is 39.3 Å². The Kier molecular flexibility index (Phi) is 5.05. The molecule has 1 aromatic carbocycles. The van der Waals surface area contributed by atoms with Crippen LogP contribution < -0.4 is 5.32 Å². The Labute approximate surface area is 131 Å². The zero-order chi connectivity index (χ0) is 14.7. The molecule has 1 fully saturated rings. The first-order valence-electron chi connectivity index (χ1n) is 6.50. The number of rotatable bonds is 4. The van der Waals surface area contributed by atoms with Gasteiger partial charge in [0.05, 0.1) is 0 Å². The number of nitrogens with zero attached hydrogens (tertiary/aromatic N) is 1. The van der Waals surface area contributed by atoms with Crippen molar-refractivity contribution in [1.82, 2.24) is 10.2 Å². The van der Waals surface area contributed by atoms with Crippen molar-refractivity contribution in [2.75, 3.05) is 13.1 Å². The molecule has 2 rings (SSSR count). The summed E-state index contributed by atoms with van der Waals surface area (Å²) in [7, 11) is 0. The molecule has 0 radical (unpaired) electrons. The number of carbonyl (C=O) groups is 2. The van der Waals surface area contributed by atoms with Gasteiger partial charge < -0.3 is 10.2 Å². The van der Waals surface area contributed by atoms with Crippen molar-refractivity contribution in [2.45, 2.75) is 25.8 Å². The van der Waals surface area contributed by atoms with Crippen molar-refractivity contribution in [2.24, 2.45) is 0 Å². The third kappa shape index (κ3) is 3.96. The molecule has 1 saturated heterocycles. The second-order valence-corrected chi connectivity index (χ2v) is 6.33. The van der Waals surface area contributed by atoms with E-state index < -0.39 is 0 Å². The number of hydrogen-bond acceptors (Lipinski definition) is 2. The highest BCUT2D eigenvalue weighted by molar-refractivity contribution is 9.10. The number of carbonyl (C=O) groups excluding carboxylic acids is 2. The maximum Gasteiger partial charge on any atom is 0.251 e. The number of nitrogens with one attached hydrogen (secondary N) is 1. The minimum Gasteiger partial charge on any atom is -0.348 e. The van der Waals surface area contributed by atoms with Crippen LogP contribution in [-0.2, 0) is 4.79 Å². The van der Waals surface area contributed by atoms with E-state index in [1.807, 2.05) is 6.92 Å². The van der Waals surface area contributed by atoms with E-state index in [0.29, 0.717) is 23.6 Å². The van der Waals surface area contributed by atoms with Crippen molar-refractivity contribution in [3.63, 3.8) is 0 Å². The fourth-order valence-corrected chi connectivity index (χ4v) is 3.13. The molecule has 1 aliphatic rings. The van der Waals surface area contributed by atoms with E-state index in [1.165, 1.54) is 0 Å². The first-order valence-corrected chi connectivity index (χ1v) is 7.67. The maximum atomic E-state index is 12.1. The minimum atomic E-state index is -0.188. The minimum absolute atomic E-state index is 0.0951. The lowest BCUT2D eigenvalue weighted by Gasteiger charge is -2.21. The summed E-state index contributed by atoms with van der Waals surface area (Å²) in [6.07, 6.45) is 1.52. The van der Waals surface area contributed by atoms with Crippen LogP contribution in [-0.4, -0.2) is 35.8 Å². The highest BCUT2D eigenvalue weighted by Crippen LogP contribution is 2.19. The second kappa shape index (κ2) is 6.59. The van der Waals surface area contributed by atoms with Gasteiger partial charge in [-0.3, -0.25) is 9.59 Å². The fourth-order valence-electron chi connectivity index (χ4n) is 2.27. The SMILES string of the molecule is CC(CN1CCCC1=O)NC(=O)c1cc(Cl)cc(Br)c1. The molecule has 108 valence electrons. The van der Waals surface area contributed by atoms with Gasteiger partial charge in [0.1, 0.15) is 0 Å². The zero-order valence-electron chi connectivity index (χ0n) is 11.2. The third-order valence-corrected chi connectivity index (χ3v) is 3.84. The molecule has 1 heterocycles. The van der Waals surface area contributed by atoms with Gasteiger partial charge >= 0.3 is 0 Å². The van der Waals surface area contributed by atoms with E-state index in [-0.39, 0.29) is 17.9 Å². The van der Waals surface area contributed by atoms with Crippen LogP contribution in [0.5, 0.6) is 0 Å². The standard InChI is InChI=1S/C14H16BrClN2O2/c1-9(8-18-4-2-3-13(18)19)17-14(20)10-5-11(15)7-12(16)6-10/h5-7,9H,2-4,8H2,1H3,(H,17,20). The largest absolute Gasteiger partial charge is 0.348 e. The first-order chi connectivity index (χ1) is 9.45. The molecule has 1 aliphatic heterocycles. The van der Waals surface area contributed by atoms with Crippen molar-refractivity contribution < 1.29 is 9.59 Å². The molecule has 20 heavy (non-hydrogen) atoms. The summed E-state index contributed by atoms with van der Waals surface area (Å²) in [6, 6.07) is 4.97. The monoisotopic (exact) mass is 358 g/mol. The van der Waals surface area contributed by atoms with Gasteiger partial charge in [0, 0.05) is 40.6 Å². The number of amides is 2. The quantitative estimate of drug-likeness (QED) is 0.898. The summed E-state index contributed by atoms with van der Waals surface area (Å²) >= 11 is 9.23. The summed E-state index contributed by atoms with van der Waals surface area (Å²) in [5.74, 6) is -0.0241. The van der Waals surface area contributed by atoms with Crippen LogP contribution in [0, 0.1) is 0 Å². The molecule has 0 spiro atoms. The molecule has 1 N–H and O–H groups in total. The highest BCUT2D eigenvalue weighted by atomic mass is 79.9. The van der Waals surface area contributed by atoms with Crippen molar-refractivity contribution in [3.05, 3.63) is 33.3 Å². The summed E-state index contributed by atoms with van der Waals surface area (Å²) in [5, 5.41) is 3.39. The Balaban J connectivity index is 1.94. The van der Waals surface area contributed by atoms with Gasteiger partial charge in [-0.1, -0.05) is 27.5 Å². The van der Waals surface area contributed by atoms with Crippen LogP contribution in [0.4, 0.5) is 0 Å². The predicted molar refractivity (Wildman–Crippen MR) is 81.9 cm³/mol. The van der Waals surface area contributed by atoms with Crippen LogP contribution in [0.1, 0.15) is 30.1 Å². The van der Waals surface area contributed by atoms with Crippen LogP contribution in [0.15, 0.2) is 22.7 Å². The van der Waals surface area contributed by atoms with E-state index in [2.05, 4.69) is 21.2 Å². The molecule has 6 heteroatoms. The van der Waals surface area contributed by atoms with E-state index >= 15 is 0 Å². The van der Waals surface area contributed by atoms with Gasteiger partial charge in [-0.05, 0) is 31.5 Å². The summed E-state index contributed by atoms with van der Waals surface area (Å²) in [4.78, 5) is 25.5. The number of hydrogen-bond donors (Lipinski definition) is 1. The fraction of sp³-hybridized carbons (Fsp3) is 0.429. The Morgan fingerprint density at radius 2 is 2.25 bits per heavy atom. The first kappa shape index (κ1) is 15.3. The van der Waals surface area contributed by atoms with E-state index in [0.717, 1.165) is 17.4 Å². The summed E-state index contributed by atoms with van der Waals surface area (Å²) < 4.78 is 0.762. The smallest absolute Gasteiger partial charge is 0.251 e. The average Bonchev–Trinajstić information content (AvgIpc) is 2.73. The lowest BCUT2D eigenvalue weighted by molar-refractivity contribution is -0.127. The number of benzene rings is 1. The number of halogens is 2. The summed E-state index contributed by atoms with van der Waals surface area (Å²) in [5.41, 5.74) is 0.504. The average molecular weight is 360 g/mol. The lowest BCUT2D eigenvalue weighted by Crippen LogP contribution is -2.42.